The fraction of sp³-hybridized carbons (Fsp3) is 1.00. The normalized spacial score (nSPS) is 34.1. The van der Waals surface area contributed by atoms with Gasteiger partial charge in [-0.1, -0.05) is 39.0 Å². The molecule has 1 heteroatoms. The van der Waals surface area contributed by atoms with Crippen molar-refractivity contribution < 1.29 is 0 Å². The molecule has 0 spiro atoms. The van der Waals surface area contributed by atoms with Gasteiger partial charge in [-0.2, -0.15) is 0 Å². The van der Waals surface area contributed by atoms with Gasteiger partial charge in [0.05, 0.1) is 0 Å². The summed E-state index contributed by atoms with van der Waals surface area (Å²) in [4.78, 5) is 2.49. The molecular formula is C15H29N. The third kappa shape index (κ3) is 3.48. The number of hydrogen-bond acceptors (Lipinski definition) is 1. The summed E-state index contributed by atoms with van der Waals surface area (Å²) in [6.07, 6.45) is 12.0. The van der Waals surface area contributed by atoms with Gasteiger partial charge in [0.2, 0.25) is 0 Å². The van der Waals surface area contributed by atoms with Crippen molar-refractivity contribution in [3.63, 3.8) is 0 Å². The van der Waals surface area contributed by atoms with Crippen LogP contribution in [0, 0.1) is 17.8 Å². The zero-order chi connectivity index (χ0) is 11.4. The second-order valence-corrected chi connectivity index (χ2v) is 6.28. The van der Waals surface area contributed by atoms with E-state index in [1.165, 1.54) is 58.0 Å². The van der Waals surface area contributed by atoms with Crippen molar-refractivity contribution in [2.45, 2.75) is 58.3 Å². The molecule has 0 aromatic rings. The molecule has 1 aliphatic heterocycles. The number of rotatable bonds is 3. The van der Waals surface area contributed by atoms with E-state index in [4.69, 9.17) is 0 Å². The summed E-state index contributed by atoms with van der Waals surface area (Å²) in [5, 5.41) is 0. The molecule has 0 unspecified atom stereocenters. The summed E-state index contributed by atoms with van der Waals surface area (Å²) in [6.45, 7) is 5.05. The molecule has 1 aliphatic carbocycles. The van der Waals surface area contributed by atoms with E-state index in [9.17, 15) is 0 Å². The molecule has 2 fully saturated rings. The predicted molar refractivity (Wildman–Crippen MR) is 70.6 cm³/mol. The average Bonchev–Trinajstić information content (AvgIpc) is 2.33. The molecule has 1 saturated carbocycles. The summed E-state index contributed by atoms with van der Waals surface area (Å²) < 4.78 is 0. The van der Waals surface area contributed by atoms with Gasteiger partial charge < -0.3 is 4.90 Å². The zero-order valence-corrected chi connectivity index (χ0v) is 11.3. The molecule has 1 nitrogen and oxygen atoms in total. The minimum absolute atomic E-state index is 1.05. The molecule has 0 aromatic carbocycles. The maximum absolute atomic E-state index is 2.49. The molecule has 0 bridgehead atoms. The van der Waals surface area contributed by atoms with Crippen LogP contribution in [0.5, 0.6) is 0 Å². The summed E-state index contributed by atoms with van der Waals surface area (Å²) in [5.74, 6) is 3.20. The summed E-state index contributed by atoms with van der Waals surface area (Å²) in [5.41, 5.74) is 0. The maximum atomic E-state index is 2.49. The molecule has 1 heterocycles. The van der Waals surface area contributed by atoms with Gasteiger partial charge in [-0.15, -0.1) is 0 Å². The second kappa shape index (κ2) is 6.05. The molecule has 0 atom stereocenters. The molecule has 2 rings (SSSR count). The Morgan fingerprint density at radius 2 is 1.31 bits per heavy atom. The van der Waals surface area contributed by atoms with Gasteiger partial charge in [-0.25, -0.2) is 0 Å². The van der Waals surface area contributed by atoms with Gasteiger partial charge in [0.15, 0.2) is 0 Å². The summed E-state index contributed by atoms with van der Waals surface area (Å²) >= 11 is 0. The largest absolute Gasteiger partial charge is 0.306 e. The highest BCUT2D eigenvalue weighted by Crippen LogP contribution is 2.36. The Bertz CT molecular complexity index is 186. The Morgan fingerprint density at radius 3 is 1.88 bits per heavy atom. The maximum Gasteiger partial charge on any atom is -0.00191 e. The standard InChI is InChI=1S/C15H29N/c1-3-13-4-6-14(7-5-13)12-15-8-10-16(2)11-9-15/h13-15H,3-12H2,1-2H3. The minimum atomic E-state index is 1.05. The highest BCUT2D eigenvalue weighted by atomic mass is 15.1. The van der Waals surface area contributed by atoms with Gasteiger partial charge >= 0.3 is 0 Å². The van der Waals surface area contributed by atoms with Crippen molar-refractivity contribution >= 4 is 0 Å². The average molecular weight is 223 g/mol. The van der Waals surface area contributed by atoms with Crippen molar-refractivity contribution in [1.82, 2.24) is 4.90 Å². The first-order valence-electron chi connectivity index (χ1n) is 7.46. The van der Waals surface area contributed by atoms with E-state index in [2.05, 4.69) is 18.9 Å². The highest BCUT2D eigenvalue weighted by molar-refractivity contribution is 4.77. The second-order valence-electron chi connectivity index (χ2n) is 6.28. The van der Waals surface area contributed by atoms with E-state index in [-0.39, 0.29) is 0 Å². The van der Waals surface area contributed by atoms with Gasteiger partial charge in [0, 0.05) is 0 Å². The minimum Gasteiger partial charge on any atom is -0.306 e. The number of nitrogens with zero attached hydrogens (tertiary/aromatic N) is 1. The van der Waals surface area contributed by atoms with Crippen LogP contribution in [0.3, 0.4) is 0 Å². The smallest absolute Gasteiger partial charge is 0.00191 e. The quantitative estimate of drug-likeness (QED) is 0.700. The monoisotopic (exact) mass is 223 g/mol. The van der Waals surface area contributed by atoms with Gasteiger partial charge in [-0.05, 0) is 57.2 Å². The molecule has 2 aliphatic rings. The van der Waals surface area contributed by atoms with Crippen LogP contribution in [-0.4, -0.2) is 25.0 Å². The molecular weight excluding hydrogens is 194 g/mol. The fourth-order valence-electron chi connectivity index (χ4n) is 3.64. The third-order valence-electron chi connectivity index (χ3n) is 5.05. The topological polar surface area (TPSA) is 3.24 Å². The SMILES string of the molecule is CCC1CCC(CC2CCN(C)CC2)CC1. The lowest BCUT2D eigenvalue weighted by atomic mass is 9.76. The molecule has 0 amide bonds. The Labute approximate surface area is 102 Å². The van der Waals surface area contributed by atoms with Crippen molar-refractivity contribution in [3.8, 4) is 0 Å². The van der Waals surface area contributed by atoms with E-state index >= 15 is 0 Å². The van der Waals surface area contributed by atoms with Crippen LogP contribution in [0.4, 0.5) is 0 Å². The zero-order valence-electron chi connectivity index (χ0n) is 11.3. The van der Waals surface area contributed by atoms with Crippen LogP contribution in [-0.2, 0) is 0 Å². The lowest BCUT2D eigenvalue weighted by molar-refractivity contribution is 0.169. The van der Waals surface area contributed by atoms with E-state index in [0.717, 1.165) is 17.8 Å². The molecule has 0 radical (unpaired) electrons. The summed E-state index contributed by atoms with van der Waals surface area (Å²) in [6, 6.07) is 0. The molecule has 16 heavy (non-hydrogen) atoms. The van der Waals surface area contributed by atoms with Gasteiger partial charge in [0.25, 0.3) is 0 Å². The van der Waals surface area contributed by atoms with Crippen LogP contribution in [0.15, 0.2) is 0 Å². The molecule has 0 aromatic heterocycles. The first-order chi connectivity index (χ1) is 7.78. The Balaban J connectivity index is 1.66. The Hall–Kier alpha value is -0.0400. The van der Waals surface area contributed by atoms with Crippen molar-refractivity contribution in [2.75, 3.05) is 20.1 Å². The van der Waals surface area contributed by atoms with Crippen LogP contribution < -0.4 is 0 Å². The van der Waals surface area contributed by atoms with Crippen LogP contribution in [0.25, 0.3) is 0 Å². The van der Waals surface area contributed by atoms with Crippen molar-refractivity contribution in [1.29, 1.82) is 0 Å². The van der Waals surface area contributed by atoms with E-state index in [0.29, 0.717) is 0 Å². The van der Waals surface area contributed by atoms with E-state index in [1.807, 2.05) is 0 Å². The van der Waals surface area contributed by atoms with Crippen LogP contribution in [0.1, 0.15) is 58.3 Å². The van der Waals surface area contributed by atoms with Crippen LogP contribution in [0.2, 0.25) is 0 Å². The van der Waals surface area contributed by atoms with Gasteiger partial charge in [0.1, 0.15) is 0 Å². The first-order valence-corrected chi connectivity index (χ1v) is 7.46. The van der Waals surface area contributed by atoms with Crippen molar-refractivity contribution in [3.05, 3.63) is 0 Å². The van der Waals surface area contributed by atoms with E-state index in [1.54, 1.807) is 6.42 Å². The number of likely N-dealkylation sites (tertiary alicyclic amines) is 1. The molecule has 1 saturated heterocycles. The first kappa shape index (κ1) is 12.4. The molecule has 0 N–H and O–H groups in total. The number of piperidine rings is 1. The summed E-state index contributed by atoms with van der Waals surface area (Å²) in [7, 11) is 2.27. The lowest BCUT2D eigenvalue weighted by Gasteiger charge is -2.34. The van der Waals surface area contributed by atoms with Crippen molar-refractivity contribution in [2.24, 2.45) is 17.8 Å². The fourth-order valence-corrected chi connectivity index (χ4v) is 3.64. The Kier molecular flexibility index (Phi) is 4.69. The van der Waals surface area contributed by atoms with Crippen LogP contribution >= 0.6 is 0 Å². The Morgan fingerprint density at radius 1 is 0.812 bits per heavy atom. The highest BCUT2D eigenvalue weighted by Gasteiger charge is 2.24. The number of hydrogen-bond donors (Lipinski definition) is 0. The van der Waals surface area contributed by atoms with Gasteiger partial charge in [-0.3, -0.25) is 0 Å². The lowest BCUT2D eigenvalue weighted by Crippen LogP contribution is -2.31. The van der Waals surface area contributed by atoms with E-state index < -0.39 is 0 Å². The molecule has 94 valence electrons. The third-order valence-corrected chi connectivity index (χ3v) is 5.05. The predicted octanol–water partition coefficient (Wildman–Crippen LogP) is 3.93.